The van der Waals surface area contributed by atoms with Gasteiger partial charge in [0.1, 0.15) is 11.1 Å². The van der Waals surface area contributed by atoms with Crippen molar-refractivity contribution in [3.63, 3.8) is 0 Å². The lowest BCUT2D eigenvalue weighted by atomic mass is 10.1. The molecule has 2 unspecified atom stereocenters. The van der Waals surface area contributed by atoms with E-state index in [1.54, 1.807) is 0 Å². The summed E-state index contributed by atoms with van der Waals surface area (Å²) in [6, 6.07) is 2.79. The predicted octanol–water partition coefficient (Wildman–Crippen LogP) is 5.54. The van der Waals surface area contributed by atoms with E-state index in [0.717, 1.165) is 57.9 Å². The van der Waals surface area contributed by atoms with E-state index in [0.29, 0.717) is 13.1 Å². The Labute approximate surface area is 276 Å². The maximum absolute atomic E-state index is 12.6. The average molecular weight is 686 g/mol. The number of phenols is 3. The van der Waals surface area contributed by atoms with Crippen LogP contribution in [0.4, 0.5) is 0 Å². The van der Waals surface area contributed by atoms with Crippen molar-refractivity contribution in [2.45, 2.75) is 51.6 Å². The first-order chi connectivity index (χ1) is 21.6. The van der Waals surface area contributed by atoms with Gasteiger partial charge in [0.15, 0.2) is 23.0 Å². The molecule has 0 saturated carbocycles. The third-order valence-electron chi connectivity index (χ3n) is 7.70. The zero-order chi connectivity index (χ0) is 34.3. The lowest BCUT2D eigenvalue weighted by Gasteiger charge is -2.23. The van der Waals surface area contributed by atoms with Crippen LogP contribution in [0, 0.1) is 0 Å². The van der Waals surface area contributed by atoms with E-state index in [2.05, 4.69) is 27.4 Å². The van der Waals surface area contributed by atoms with E-state index < -0.39 is 41.9 Å². The Morgan fingerprint density at radius 2 is 1.23 bits per heavy atom. The summed E-state index contributed by atoms with van der Waals surface area (Å²) in [6.07, 6.45) is 4.13. The second-order valence-corrected chi connectivity index (χ2v) is 11.8. The molecule has 2 heterocycles. The number of carbonyl (C=O) groups is 2. The summed E-state index contributed by atoms with van der Waals surface area (Å²) in [5.41, 5.74) is -0.664. The van der Waals surface area contributed by atoms with Gasteiger partial charge in [0, 0.05) is 25.2 Å². The number of likely N-dealkylation sites (N-methyl/N-ethyl adjacent to an activating group) is 2. The summed E-state index contributed by atoms with van der Waals surface area (Å²) >= 11 is 23.4. The average Bonchev–Trinajstić information content (AvgIpc) is 3.65. The summed E-state index contributed by atoms with van der Waals surface area (Å²) in [7, 11) is -2.83. The van der Waals surface area contributed by atoms with Crippen molar-refractivity contribution in [1.82, 2.24) is 20.4 Å². The standard InChI is InChI=1S/C15H20Cl2N2O3.C14H18Cl2N2O3/c1-3-19-6-4-5-9(19)8-18-15(21)12-13(20)10(16)7-11(17)14(12)22-2;1-2-18-5-3-4-8(18)7-17-14(21)11-12(19)9(15)6-10(16)13(11)20/h7,9,20H,3-6,8H2,1-2H3,(H,18,21);6,8,19-20H,2-5,7H2,1H3,(H,17,21)/i2T3;. The molecule has 0 radical (unpaired) electrons. The number of carbonyl (C=O) groups excluding carboxylic acids is 2. The Morgan fingerprint density at radius 3 is 1.67 bits per heavy atom. The lowest BCUT2D eigenvalue weighted by Crippen LogP contribution is -2.40. The zero-order valence-electron chi connectivity index (χ0n) is 26.9. The fourth-order valence-corrected chi connectivity index (χ4v) is 6.36. The predicted molar refractivity (Wildman–Crippen MR) is 170 cm³/mol. The lowest BCUT2D eigenvalue weighted by molar-refractivity contribution is 0.0927. The number of amides is 2. The third kappa shape index (κ3) is 8.44. The number of methoxy groups -OCH3 is 1. The van der Waals surface area contributed by atoms with Crippen molar-refractivity contribution < 1.29 is 33.8 Å². The number of nitrogens with one attached hydrogen (secondary N) is 2. The molecule has 4 rings (SSSR count). The van der Waals surface area contributed by atoms with E-state index in [9.17, 15) is 24.9 Å². The third-order valence-corrected chi connectivity index (χ3v) is 8.85. The molecule has 5 N–H and O–H groups in total. The number of likely N-dealkylation sites (tertiary alicyclic amines) is 2. The molecule has 0 spiro atoms. The highest BCUT2D eigenvalue weighted by Crippen LogP contribution is 2.41. The monoisotopic (exact) mass is 684 g/mol. The molecule has 2 atom stereocenters. The van der Waals surface area contributed by atoms with Crippen LogP contribution < -0.4 is 15.4 Å². The Morgan fingerprint density at radius 1 is 0.814 bits per heavy atom. The second-order valence-electron chi connectivity index (χ2n) is 10.2. The fourth-order valence-electron chi connectivity index (χ4n) is 5.40. The summed E-state index contributed by atoms with van der Waals surface area (Å²) in [4.78, 5) is 29.3. The molecule has 2 aromatic carbocycles. The van der Waals surface area contributed by atoms with Crippen LogP contribution in [0.25, 0.3) is 0 Å². The highest BCUT2D eigenvalue weighted by molar-refractivity contribution is 6.38. The molecule has 0 bridgehead atoms. The minimum absolute atomic E-state index is 0.0704. The molecule has 2 aliphatic rings. The highest BCUT2D eigenvalue weighted by atomic mass is 35.5. The van der Waals surface area contributed by atoms with E-state index in [4.69, 9.17) is 55.3 Å². The first-order valence-corrected chi connectivity index (χ1v) is 15.4. The Kier molecular flexibility index (Phi) is 11.5. The van der Waals surface area contributed by atoms with Gasteiger partial charge in [-0.2, -0.15) is 0 Å². The van der Waals surface area contributed by atoms with Crippen molar-refractivity contribution in [2.75, 3.05) is 46.3 Å². The van der Waals surface area contributed by atoms with Gasteiger partial charge in [0.25, 0.3) is 11.8 Å². The molecule has 2 fully saturated rings. The largest absolute Gasteiger partial charge is 0.505 e. The minimum atomic E-state index is -2.83. The molecular weight excluding hydrogens is 642 g/mol. The maximum atomic E-state index is 12.6. The molecule has 43 heavy (non-hydrogen) atoms. The van der Waals surface area contributed by atoms with E-state index in [1.807, 2.05) is 6.92 Å². The van der Waals surface area contributed by atoms with E-state index in [1.165, 1.54) is 6.07 Å². The smallest absolute Gasteiger partial charge is 0.259 e. The van der Waals surface area contributed by atoms with Gasteiger partial charge in [0.05, 0.1) is 31.2 Å². The second kappa shape index (κ2) is 16.1. The van der Waals surface area contributed by atoms with Crippen molar-refractivity contribution in [1.29, 1.82) is 0 Å². The molecule has 238 valence electrons. The van der Waals surface area contributed by atoms with Crippen LogP contribution in [0.3, 0.4) is 0 Å². The number of nitrogens with zero attached hydrogens (tertiary/aromatic N) is 2. The molecule has 2 aliphatic heterocycles. The molecule has 2 aromatic rings. The highest BCUT2D eigenvalue weighted by Gasteiger charge is 2.28. The number of hydrogen-bond acceptors (Lipinski definition) is 8. The van der Waals surface area contributed by atoms with Crippen molar-refractivity contribution in [3.05, 3.63) is 43.4 Å². The van der Waals surface area contributed by atoms with Gasteiger partial charge in [-0.1, -0.05) is 60.3 Å². The zero-order valence-corrected chi connectivity index (χ0v) is 26.9. The maximum Gasteiger partial charge on any atom is 0.259 e. The SMILES string of the molecule is CCN1CCCC1CNC(=O)c1c(O)c(Cl)cc(Cl)c1O.[3H]C([3H])([3H])Oc1c(Cl)cc(Cl)c(O)c1C(=O)NCC1CCCN1CC. The van der Waals surface area contributed by atoms with Gasteiger partial charge >= 0.3 is 0 Å². The van der Waals surface area contributed by atoms with Crippen molar-refractivity contribution >= 4 is 58.2 Å². The Balaban J connectivity index is 0.000000254. The Bertz CT molecular complexity index is 1390. The van der Waals surface area contributed by atoms with Gasteiger partial charge < -0.3 is 30.7 Å². The van der Waals surface area contributed by atoms with Gasteiger partial charge in [-0.3, -0.25) is 19.4 Å². The van der Waals surface area contributed by atoms with Crippen LogP contribution in [0.15, 0.2) is 12.1 Å². The number of ether oxygens (including phenoxy) is 1. The van der Waals surface area contributed by atoms with Gasteiger partial charge in [-0.15, -0.1) is 0 Å². The molecule has 0 aromatic heterocycles. The van der Waals surface area contributed by atoms with Crippen molar-refractivity contribution in [3.8, 4) is 23.0 Å². The summed E-state index contributed by atoms with van der Waals surface area (Å²) in [5.74, 6) is -3.19. The van der Waals surface area contributed by atoms with Crippen LogP contribution in [0.5, 0.6) is 23.0 Å². The minimum Gasteiger partial charge on any atom is -0.505 e. The van der Waals surface area contributed by atoms with Crippen LogP contribution in [0.1, 0.15) is 64.4 Å². The number of aromatic hydroxyl groups is 3. The summed E-state index contributed by atoms with van der Waals surface area (Å²) in [6.45, 7) is 8.75. The molecule has 14 heteroatoms. The number of phenolic OH excluding ortho intramolecular Hbond substituents is 3. The first kappa shape index (κ1) is 30.7. The van der Waals surface area contributed by atoms with Crippen LogP contribution >= 0.6 is 46.4 Å². The molecule has 0 aliphatic carbocycles. The molecule has 10 nitrogen and oxygen atoms in total. The Hall–Kier alpha value is -2.34. The van der Waals surface area contributed by atoms with Crippen LogP contribution in [-0.2, 0) is 0 Å². The topological polar surface area (TPSA) is 135 Å². The van der Waals surface area contributed by atoms with Crippen LogP contribution in [-0.4, -0.2) is 95.3 Å². The van der Waals surface area contributed by atoms with E-state index >= 15 is 0 Å². The van der Waals surface area contributed by atoms with Gasteiger partial charge in [0.2, 0.25) is 0 Å². The fraction of sp³-hybridized carbons (Fsp3) is 0.517. The summed E-state index contributed by atoms with van der Waals surface area (Å²) < 4.78 is 26.5. The summed E-state index contributed by atoms with van der Waals surface area (Å²) in [5, 5.41) is 34.8. The van der Waals surface area contributed by atoms with Gasteiger partial charge in [-0.25, -0.2) is 0 Å². The molecule has 2 amide bonds. The van der Waals surface area contributed by atoms with Crippen molar-refractivity contribution in [2.24, 2.45) is 0 Å². The molecule has 2 saturated heterocycles. The quantitative estimate of drug-likeness (QED) is 0.232. The van der Waals surface area contributed by atoms with E-state index in [-0.39, 0.29) is 43.3 Å². The number of benzene rings is 2. The normalized spacial score (nSPS) is 20.0. The number of hydrogen-bond donors (Lipinski definition) is 5. The molecular formula is C29H38Cl4N4O6. The number of rotatable bonds is 9. The van der Waals surface area contributed by atoms with Crippen LogP contribution in [0.2, 0.25) is 20.1 Å². The number of halogens is 4. The van der Waals surface area contributed by atoms with Gasteiger partial charge in [-0.05, 0) is 64.0 Å². The first-order valence-electron chi connectivity index (χ1n) is 15.4.